The minimum absolute atomic E-state index is 0.278. The maximum absolute atomic E-state index is 9.24. The molecule has 102 valence electrons. The van der Waals surface area contributed by atoms with Gasteiger partial charge in [-0.2, -0.15) is 0 Å². The predicted octanol–water partition coefficient (Wildman–Crippen LogP) is 1.58. The number of nitrogens with zero attached hydrogens (tertiary/aromatic N) is 1. The van der Waals surface area contributed by atoms with Gasteiger partial charge in [0, 0.05) is 0 Å². The number of carboxylic acids is 1. The van der Waals surface area contributed by atoms with E-state index in [1.54, 1.807) is 0 Å². The van der Waals surface area contributed by atoms with E-state index in [0.717, 1.165) is 30.7 Å². The molecule has 3 N–H and O–H groups in total. The molecular formula is C14H25N2O2+. The average molecular weight is 253 g/mol. The molecule has 0 amide bonds. The Labute approximate surface area is 110 Å². The zero-order chi connectivity index (χ0) is 14.4. The average Bonchev–Trinajstić information content (AvgIpc) is 2.31. The fraction of sp³-hybridized carbons (Fsp3) is 0.357. The Morgan fingerprint density at radius 2 is 1.17 bits per heavy atom. The number of hydrogen-bond acceptors (Lipinski definition) is 2. The standard InChI is InChI=1S/C12H20N.C2H5NO2/c1-5-9-13(10-6-2,11-7-3)12-8-4;3-1-2(4)5/h5-8H,1-4,9-12H2;1,3H2,(H,4,5)/q+1;. The SMILES string of the molecule is C=CC[N+](CC=C)(CC=C)CC=C.NCC(=O)O. The summed E-state index contributed by atoms with van der Waals surface area (Å²) in [6.07, 6.45) is 7.76. The first-order chi connectivity index (χ1) is 8.51. The van der Waals surface area contributed by atoms with Gasteiger partial charge in [-0.3, -0.25) is 4.79 Å². The van der Waals surface area contributed by atoms with Crippen LogP contribution in [0.15, 0.2) is 50.6 Å². The quantitative estimate of drug-likeness (QED) is 0.484. The zero-order valence-corrected chi connectivity index (χ0v) is 11.1. The maximum Gasteiger partial charge on any atom is 0.317 e. The van der Waals surface area contributed by atoms with E-state index in [4.69, 9.17) is 5.11 Å². The summed E-state index contributed by atoms with van der Waals surface area (Å²) in [4.78, 5) is 9.24. The Balaban J connectivity index is 0. The Kier molecular flexibility index (Phi) is 12.3. The summed E-state index contributed by atoms with van der Waals surface area (Å²) in [5.41, 5.74) is 4.57. The lowest BCUT2D eigenvalue weighted by molar-refractivity contribution is -0.906. The number of nitrogens with two attached hydrogens (primary N) is 1. The van der Waals surface area contributed by atoms with Gasteiger partial charge in [0.1, 0.15) is 0 Å². The second-order valence-corrected chi connectivity index (χ2v) is 3.82. The molecule has 4 nitrogen and oxygen atoms in total. The molecule has 0 aromatic rings. The summed E-state index contributed by atoms with van der Waals surface area (Å²) in [6.45, 7) is 18.6. The van der Waals surface area contributed by atoms with E-state index in [1.807, 2.05) is 24.3 Å². The molecule has 0 saturated heterocycles. The van der Waals surface area contributed by atoms with E-state index < -0.39 is 5.97 Å². The molecule has 0 fully saturated rings. The molecule has 0 rings (SSSR count). The number of quaternary nitrogens is 1. The lowest BCUT2D eigenvalue weighted by Crippen LogP contribution is -2.48. The first kappa shape index (κ1) is 18.7. The minimum atomic E-state index is -0.968. The molecular weight excluding hydrogens is 228 g/mol. The van der Waals surface area contributed by atoms with Gasteiger partial charge >= 0.3 is 5.97 Å². The summed E-state index contributed by atoms with van der Waals surface area (Å²) < 4.78 is 0.903. The van der Waals surface area contributed by atoms with Crippen LogP contribution in [0.3, 0.4) is 0 Å². The molecule has 4 heteroatoms. The van der Waals surface area contributed by atoms with Crippen LogP contribution in [0.25, 0.3) is 0 Å². The first-order valence-electron chi connectivity index (χ1n) is 5.72. The second-order valence-electron chi connectivity index (χ2n) is 3.82. The van der Waals surface area contributed by atoms with Gasteiger partial charge in [-0.05, 0) is 24.3 Å². The van der Waals surface area contributed by atoms with Crippen LogP contribution in [0.1, 0.15) is 0 Å². The Morgan fingerprint density at radius 1 is 0.944 bits per heavy atom. The van der Waals surface area contributed by atoms with Crippen molar-refractivity contribution < 1.29 is 14.4 Å². The van der Waals surface area contributed by atoms with Crippen LogP contribution in [0, 0.1) is 0 Å². The van der Waals surface area contributed by atoms with E-state index >= 15 is 0 Å². The van der Waals surface area contributed by atoms with Crippen LogP contribution in [0.5, 0.6) is 0 Å². The Morgan fingerprint density at radius 3 is 1.28 bits per heavy atom. The third kappa shape index (κ3) is 9.57. The molecule has 0 atom stereocenters. The van der Waals surface area contributed by atoms with Crippen molar-refractivity contribution >= 4 is 5.97 Å². The van der Waals surface area contributed by atoms with E-state index in [1.165, 1.54) is 0 Å². The first-order valence-corrected chi connectivity index (χ1v) is 5.72. The third-order valence-corrected chi connectivity index (χ3v) is 2.24. The van der Waals surface area contributed by atoms with Gasteiger partial charge in [-0.1, -0.05) is 26.3 Å². The highest BCUT2D eigenvalue weighted by Crippen LogP contribution is 2.07. The molecule has 0 bridgehead atoms. The maximum atomic E-state index is 9.24. The smallest absolute Gasteiger partial charge is 0.317 e. The highest BCUT2D eigenvalue weighted by Gasteiger charge is 2.20. The fourth-order valence-electron chi connectivity index (χ4n) is 1.54. The number of rotatable bonds is 9. The third-order valence-electron chi connectivity index (χ3n) is 2.24. The molecule has 0 aliphatic carbocycles. The van der Waals surface area contributed by atoms with Crippen LogP contribution in [-0.2, 0) is 4.79 Å². The van der Waals surface area contributed by atoms with Gasteiger partial charge in [-0.25, -0.2) is 0 Å². The van der Waals surface area contributed by atoms with Gasteiger partial charge in [0.25, 0.3) is 0 Å². The molecule has 0 aromatic heterocycles. The molecule has 0 heterocycles. The van der Waals surface area contributed by atoms with Crippen molar-refractivity contribution in [1.29, 1.82) is 0 Å². The topological polar surface area (TPSA) is 63.3 Å². The molecule has 0 aromatic carbocycles. The summed E-state index contributed by atoms with van der Waals surface area (Å²) in [7, 11) is 0. The lowest BCUT2D eigenvalue weighted by Gasteiger charge is -2.35. The van der Waals surface area contributed by atoms with E-state index in [-0.39, 0.29) is 6.54 Å². The predicted molar refractivity (Wildman–Crippen MR) is 77.2 cm³/mol. The van der Waals surface area contributed by atoms with Crippen molar-refractivity contribution in [3.05, 3.63) is 50.6 Å². The minimum Gasteiger partial charge on any atom is -0.480 e. The van der Waals surface area contributed by atoms with E-state index in [9.17, 15) is 4.79 Å². The van der Waals surface area contributed by atoms with Crippen molar-refractivity contribution in [2.45, 2.75) is 0 Å². The van der Waals surface area contributed by atoms with Crippen LogP contribution < -0.4 is 5.73 Å². The molecule has 0 saturated carbocycles. The summed E-state index contributed by atoms with van der Waals surface area (Å²) in [5, 5.41) is 7.60. The number of hydrogen-bond donors (Lipinski definition) is 2. The number of carboxylic acid groups (broad SMARTS) is 1. The van der Waals surface area contributed by atoms with Crippen LogP contribution in [-0.4, -0.2) is 48.3 Å². The number of carbonyl (C=O) groups is 1. The van der Waals surface area contributed by atoms with Gasteiger partial charge in [0.2, 0.25) is 0 Å². The molecule has 0 spiro atoms. The van der Waals surface area contributed by atoms with Crippen LogP contribution in [0.2, 0.25) is 0 Å². The highest BCUT2D eigenvalue weighted by molar-refractivity contribution is 5.68. The molecule has 18 heavy (non-hydrogen) atoms. The van der Waals surface area contributed by atoms with Gasteiger partial charge in [0.15, 0.2) is 0 Å². The molecule has 0 unspecified atom stereocenters. The van der Waals surface area contributed by atoms with Crippen molar-refractivity contribution in [1.82, 2.24) is 0 Å². The van der Waals surface area contributed by atoms with Crippen molar-refractivity contribution in [2.24, 2.45) is 5.73 Å². The van der Waals surface area contributed by atoms with Gasteiger partial charge in [-0.15, -0.1) is 0 Å². The van der Waals surface area contributed by atoms with E-state index in [0.29, 0.717) is 0 Å². The van der Waals surface area contributed by atoms with E-state index in [2.05, 4.69) is 32.0 Å². The summed E-state index contributed by atoms with van der Waals surface area (Å²) >= 11 is 0. The Hall–Kier alpha value is -1.65. The van der Waals surface area contributed by atoms with Crippen molar-refractivity contribution in [3.63, 3.8) is 0 Å². The molecule has 0 radical (unpaired) electrons. The van der Waals surface area contributed by atoms with Crippen LogP contribution in [0.4, 0.5) is 0 Å². The summed E-state index contributed by atoms with van der Waals surface area (Å²) in [6, 6.07) is 0. The van der Waals surface area contributed by atoms with Gasteiger partial charge in [0.05, 0.1) is 32.7 Å². The Bertz CT molecular complexity index is 240. The highest BCUT2D eigenvalue weighted by atomic mass is 16.4. The zero-order valence-electron chi connectivity index (χ0n) is 11.1. The monoisotopic (exact) mass is 253 g/mol. The molecule has 0 aliphatic rings. The summed E-state index contributed by atoms with van der Waals surface area (Å²) in [5.74, 6) is -0.968. The van der Waals surface area contributed by atoms with Crippen molar-refractivity contribution in [2.75, 3.05) is 32.7 Å². The second kappa shape index (κ2) is 11.8. The number of aliphatic carboxylic acids is 1. The van der Waals surface area contributed by atoms with Gasteiger partial charge < -0.3 is 15.3 Å². The normalized spacial score (nSPS) is 9.61. The lowest BCUT2D eigenvalue weighted by atomic mass is 10.3. The van der Waals surface area contributed by atoms with Crippen LogP contribution >= 0.6 is 0 Å². The molecule has 0 aliphatic heterocycles. The van der Waals surface area contributed by atoms with Crippen molar-refractivity contribution in [3.8, 4) is 0 Å². The largest absolute Gasteiger partial charge is 0.480 e. The fourth-order valence-corrected chi connectivity index (χ4v) is 1.54.